The number of halogens is 1. The van der Waals surface area contributed by atoms with E-state index in [1.54, 1.807) is 23.0 Å². The van der Waals surface area contributed by atoms with Gasteiger partial charge in [0, 0.05) is 23.0 Å². The summed E-state index contributed by atoms with van der Waals surface area (Å²) < 4.78 is 1.75. The Hall–Kier alpha value is -2.59. The monoisotopic (exact) mass is 325 g/mol. The van der Waals surface area contributed by atoms with Crippen molar-refractivity contribution in [1.29, 1.82) is 0 Å². The highest BCUT2D eigenvalue weighted by Gasteiger charge is 2.12. The molecular formula is C18H16ClN3O. The van der Waals surface area contributed by atoms with Crippen LogP contribution in [0.5, 0.6) is 0 Å². The highest BCUT2D eigenvalue weighted by molar-refractivity contribution is 6.30. The maximum atomic E-state index is 12.3. The van der Waals surface area contributed by atoms with Gasteiger partial charge in [-0.2, -0.15) is 5.10 Å². The van der Waals surface area contributed by atoms with Crippen LogP contribution < -0.4 is 5.32 Å². The van der Waals surface area contributed by atoms with E-state index in [4.69, 9.17) is 11.6 Å². The molecule has 116 valence electrons. The number of carbonyl (C=O) groups excluding carboxylic acids is 1. The summed E-state index contributed by atoms with van der Waals surface area (Å²) >= 11 is 5.99. The van der Waals surface area contributed by atoms with Crippen LogP contribution in [0.25, 0.3) is 5.69 Å². The molecule has 1 atom stereocenters. The molecular weight excluding hydrogens is 310 g/mol. The van der Waals surface area contributed by atoms with E-state index < -0.39 is 0 Å². The van der Waals surface area contributed by atoms with Crippen molar-refractivity contribution in [3.8, 4) is 5.69 Å². The van der Waals surface area contributed by atoms with Gasteiger partial charge in [-0.15, -0.1) is 0 Å². The number of amides is 1. The molecule has 0 fully saturated rings. The molecule has 1 heterocycles. The van der Waals surface area contributed by atoms with Gasteiger partial charge in [0.2, 0.25) is 0 Å². The number of rotatable bonds is 4. The molecule has 0 spiro atoms. The minimum atomic E-state index is -0.121. The van der Waals surface area contributed by atoms with Crippen molar-refractivity contribution in [2.45, 2.75) is 13.0 Å². The summed E-state index contributed by atoms with van der Waals surface area (Å²) in [6.45, 7) is 1.93. The van der Waals surface area contributed by atoms with Crippen LogP contribution in [0.2, 0.25) is 5.02 Å². The number of benzene rings is 2. The molecule has 5 heteroatoms. The third kappa shape index (κ3) is 3.60. The van der Waals surface area contributed by atoms with Crippen LogP contribution in [0.15, 0.2) is 67.0 Å². The molecule has 1 amide bonds. The lowest BCUT2D eigenvalue weighted by molar-refractivity contribution is 0.0940. The summed E-state index contributed by atoms with van der Waals surface area (Å²) in [5.41, 5.74) is 2.49. The first-order chi connectivity index (χ1) is 11.1. The number of hydrogen-bond acceptors (Lipinski definition) is 2. The van der Waals surface area contributed by atoms with Gasteiger partial charge in [-0.05, 0) is 55.0 Å². The molecule has 0 bridgehead atoms. The molecule has 0 aliphatic heterocycles. The number of nitrogens with one attached hydrogen (secondary N) is 1. The van der Waals surface area contributed by atoms with Crippen molar-refractivity contribution in [3.63, 3.8) is 0 Å². The van der Waals surface area contributed by atoms with E-state index in [2.05, 4.69) is 10.4 Å². The van der Waals surface area contributed by atoms with E-state index >= 15 is 0 Å². The summed E-state index contributed by atoms with van der Waals surface area (Å²) in [5, 5.41) is 7.79. The van der Waals surface area contributed by atoms with Gasteiger partial charge in [0.15, 0.2) is 0 Å². The van der Waals surface area contributed by atoms with Crippen LogP contribution in [0.3, 0.4) is 0 Å². The lowest BCUT2D eigenvalue weighted by Crippen LogP contribution is -2.26. The first-order valence-electron chi connectivity index (χ1n) is 7.30. The SMILES string of the molecule is CC(NC(=O)c1ccc(-n2cccn2)cc1)c1cccc(Cl)c1. The predicted molar refractivity (Wildman–Crippen MR) is 90.9 cm³/mol. The topological polar surface area (TPSA) is 46.9 Å². The van der Waals surface area contributed by atoms with Gasteiger partial charge in [0.25, 0.3) is 5.91 Å². The van der Waals surface area contributed by atoms with Gasteiger partial charge >= 0.3 is 0 Å². The van der Waals surface area contributed by atoms with Gasteiger partial charge in [0.05, 0.1) is 11.7 Å². The molecule has 1 unspecified atom stereocenters. The molecule has 4 nitrogen and oxygen atoms in total. The zero-order chi connectivity index (χ0) is 16.2. The van der Waals surface area contributed by atoms with Crippen molar-refractivity contribution in [2.24, 2.45) is 0 Å². The Kier molecular flexibility index (Phi) is 4.44. The number of carbonyl (C=O) groups is 1. The van der Waals surface area contributed by atoms with Gasteiger partial charge in [-0.3, -0.25) is 4.79 Å². The molecule has 23 heavy (non-hydrogen) atoms. The first kappa shape index (κ1) is 15.3. The van der Waals surface area contributed by atoms with E-state index in [9.17, 15) is 4.79 Å². The maximum absolute atomic E-state index is 12.3. The Morgan fingerprint density at radius 1 is 1.17 bits per heavy atom. The highest BCUT2D eigenvalue weighted by Crippen LogP contribution is 2.18. The Labute approximate surface area is 139 Å². The Balaban J connectivity index is 1.71. The summed E-state index contributed by atoms with van der Waals surface area (Å²) in [5.74, 6) is -0.121. The summed E-state index contributed by atoms with van der Waals surface area (Å²) in [6.07, 6.45) is 3.57. The molecule has 3 aromatic rings. The molecule has 0 aliphatic carbocycles. The molecule has 0 radical (unpaired) electrons. The van der Waals surface area contributed by atoms with Crippen LogP contribution in [-0.4, -0.2) is 15.7 Å². The fourth-order valence-corrected chi connectivity index (χ4v) is 2.53. The highest BCUT2D eigenvalue weighted by atomic mass is 35.5. The number of hydrogen-bond donors (Lipinski definition) is 1. The quantitative estimate of drug-likeness (QED) is 0.787. The van der Waals surface area contributed by atoms with Crippen LogP contribution in [0, 0.1) is 0 Å². The van der Waals surface area contributed by atoms with Crippen molar-refractivity contribution in [3.05, 3.63) is 83.1 Å². The summed E-state index contributed by atoms with van der Waals surface area (Å²) in [4.78, 5) is 12.3. The maximum Gasteiger partial charge on any atom is 0.251 e. The third-order valence-corrected chi connectivity index (χ3v) is 3.83. The number of nitrogens with zero attached hydrogens (tertiary/aromatic N) is 2. The Morgan fingerprint density at radius 3 is 2.61 bits per heavy atom. The van der Waals surface area contributed by atoms with E-state index in [0.29, 0.717) is 10.6 Å². The van der Waals surface area contributed by atoms with Crippen LogP contribution in [-0.2, 0) is 0 Å². The van der Waals surface area contributed by atoms with Gasteiger partial charge < -0.3 is 5.32 Å². The standard InChI is InChI=1S/C18H16ClN3O/c1-13(15-4-2-5-16(19)12-15)21-18(23)14-6-8-17(9-7-14)22-11-3-10-20-22/h2-13H,1H3,(H,21,23). The second-order valence-corrected chi connectivity index (χ2v) is 5.68. The van der Waals surface area contributed by atoms with Crippen molar-refractivity contribution in [1.82, 2.24) is 15.1 Å². The normalized spacial score (nSPS) is 11.9. The second-order valence-electron chi connectivity index (χ2n) is 5.25. The van der Waals surface area contributed by atoms with Crippen LogP contribution in [0.4, 0.5) is 0 Å². The lowest BCUT2D eigenvalue weighted by Gasteiger charge is -2.15. The fraction of sp³-hybridized carbons (Fsp3) is 0.111. The fourth-order valence-electron chi connectivity index (χ4n) is 2.33. The van der Waals surface area contributed by atoms with E-state index in [-0.39, 0.29) is 11.9 Å². The molecule has 0 saturated carbocycles. The average molecular weight is 326 g/mol. The molecule has 1 aromatic heterocycles. The van der Waals surface area contributed by atoms with Gasteiger partial charge in [-0.1, -0.05) is 23.7 Å². The smallest absolute Gasteiger partial charge is 0.251 e. The second kappa shape index (κ2) is 6.67. The molecule has 1 N–H and O–H groups in total. The summed E-state index contributed by atoms with van der Waals surface area (Å²) in [7, 11) is 0. The zero-order valence-electron chi connectivity index (χ0n) is 12.6. The predicted octanol–water partition coefficient (Wildman–Crippen LogP) is 4.02. The Morgan fingerprint density at radius 2 is 1.96 bits per heavy atom. The van der Waals surface area contributed by atoms with Crippen LogP contribution in [0.1, 0.15) is 28.9 Å². The minimum absolute atomic E-state index is 0.119. The third-order valence-electron chi connectivity index (χ3n) is 3.59. The first-order valence-corrected chi connectivity index (χ1v) is 7.68. The van der Waals surface area contributed by atoms with Crippen LogP contribution >= 0.6 is 11.6 Å². The molecule has 0 saturated heterocycles. The lowest BCUT2D eigenvalue weighted by atomic mass is 10.1. The van der Waals surface area contributed by atoms with Gasteiger partial charge in [0.1, 0.15) is 0 Å². The summed E-state index contributed by atoms with van der Waals surface area (Å²) in [6, 6.07) is 16.5. The average Bonchev–Trinajstić information content (AvgIpc) is 3.09. The van der Waals surface area contributed by atoms with Crippen molar-refractivity contribution < 1.29 is 4.79 Å². The van der Waals surface area contributed by atoms with E-state index in [0.717, 1.165) is 11.3 Å². The number of aromatic nitrogens is 2. The van der Waals surface area contributed by atoms with Gasteiger partial charge in [-0.25, -0.2) is 4.68 Å². The molecule has 3 rings (SSSR count). The van der Waals surface area contributed by atoms with E-state index in [1.807, 2.05) is 55.6 Å². The zero-order valence-corrected chi connectivity index (χ0v) is 13.4. The minimum Gasteiger partial charge on any atom is -0.346 e. The van der Waals surface area contributed by atoms with Crippen molar-refractivity contribution >= 4 is 17.5 Å². The molecule has 0 aliphatic rings. The molecule has 2 aromatic carbocycles. The van der Waals surface area contributed by atoms with Crippen molar-refractivity contribution in [2.75, 3.05) is 0 Å². The largest absolute Gasteiger partial charge is 0.346 e. The Bertz CT molecular complexity index is 797. The van der Waals surface area contributed by atoms with E-state index in [1.165, 1.54) is 0 Å².